The highest BCUT2D eigenvalue weighted by Crippen LogP contribution is 2.22. The van der Waals surface area contributed by atoms with Crippen molar-refractivity contribution in [1.29, 1.82) is 0 Å². The SMILES string of the molecule is CC(Cc1ccc(F)cc1)(Nc1cccc(Cl)c1)C(N)=O. The minimum absolute atomic E-state index is 0.317. The number of primary amides is 1. The Morgan fingerprint density at radius 3 is 2.52 bits per heavy atom. The van der Waals surface area contributed by atoms with Gasteiger partial charge in [-0.05, 0) is 42.8 Å². The van der Waals surface area contributed by atoms with Crippen molar-refractivity contribution in [3.63, 3.8) is 0 Å². The van der Waals surface area contributed by atoms with Crippen LogP contribution in [0.2, 0.25) is 5.02 Å². The molecule has 0 aromatic heterocycles. The molecule has 110 valence electrons. The molecule has 0 saturated heterocycles. The number of hydrogen-bond donors (Lipinski definition) is 2. The topological polar surface area (TPSA) is 55.1 Å². The number of nitrogens with two attached hydrogens (primary N) is 1. The van der Waals surface area contributed by atoms with E-state index in [-0.39, 0.29) is 5.82 Å². The van der Waals surface area contributed by atoms with Crippen LogP contribution < -0.4 is 11.1 Å². The first-order chi connectivity index (χ1) is 9.89. The third-order valence-corrected chi connectivity index (χ3v) is 3.49. The molecule has 0 bridgehead atoms. The Kier molecular flexibility index (Phi) is 4.48. The van der Waals surface area contributed by atoms with Crippen LogP contribution in [-0.2, 0) is 11.2 Å². The second-order valence-electron chi connectivity index (χ2n) is 5.13. The Balaban J connectivity index is 2.23. The van der Waals surface area contributed by atoms with Crippen molar-refractivity contribution in [3.8, 4) is 0 Å². The predicted octanol–water partition coefficient (Wildman–Crippen LogP) is 3.38. The smallest absolute Gasteiger partial charge is 0.243 e. The summed E-state index contributed by atoms with van der Waals surface area (Å²) in [4.78, 5) is 11.8. The standard InChI is InChI=1S/C16H16ClFN2O/c1-16(15(19)21,10-11-5-7-13(18)8-6-11)20-14-4-2-3-12(17)9-14/h2-9,20H,10H2,1H3,(H2,19,21). The Labute approximate surface area is 127 Å². The van der Waals surface area contributed by atoms with Gasteiger partial charge < -0.3 is 11.1 Å². The fraction of sp³-hybridized carbons (Fsp3) is 0.188. The van der Waals surface area contributed by atoms with Gasteiger partial charge in [-0.2, -0.15) is 0 Å². The van der Waals surface area contributed by atoms with Crippen LogP contribution in [0.25, 0.3) is 0 Å². The largest absolute Gasteiger partial charge is 0.371 e. The average molecular weight is 307 g/mol. The highest BCUT2D eigenvalue weighted by Gasteiger charge is 2.31. The zero-order valence-corrected chi connectivity index (χ0v) is 12.3. The van der Waals surface area contributed by atoms with E-state index in [9.17, 15) is 9.18 Å². The zero-order valence-electron chi connectivity index (χ0n) is 11.6. The van der Waals surface area contributed by atoms with Crippen molar-refractivity contribution in [2.24, 2.45) is 5.73 Å². The molecule has 5 heteroatoms. The summed E-state index contributed by atoms with van der Waals surface area (Å²) >= 11 is 5.93. The van der Waals surface area contributed by atoms with Gasteiger partial charge in [-0.1, -0.05) is 29.8 Å². The summed E-state index contributed by atoms with van der Waals surface area (Å²) in [6.07, 6.45) is 0.342. The first kappa shape index (κ1) is 15.3. The van der Waals surface area contributed by atoms with Gasteiger partial charge in [-0.15, -0.1) is 0 Å². The maximum absolute atomic E-state index is 12.9. The van der Waals surface area contributed by atoms with Crippen LogP contribution in [0, 0.1) is 5.82 Å². The lowest BCUT2D eigenvalue weighted by Gasteiger charge is -2.29. The van der Waals surface area contributed by atoms with E-state index in [1.807, 2.05) is 0 Å². The third kappa shape index (κ3) is 3.95. The number of halogens is 2. The molecular formula is C16H16ClFN2O. The van der Waals surface area contributed by atoms with Gasteiger partial charge in [-0.25, -0.2) is 4.39 Å². The van der Waals surface area contributed by atoms with E-state index in [0.29, 0.717) is 17.1 Å². The number of benzene rings is 2. The van der Waals surface area contributed by atoms with Gasteiger partial charge in [0.15, 0.2) is 0 Å². The molecule has 2 rings (SSSR count). The first-order valence-electron chi connectivity index (χ1n) is 6.47. The van der Waals surface area contributed by atoms with Crippen molar-refractivity contribution in [2.45, 2.75) is 18.9 Å². The minimum Gasteiger partial charge on any atom is -0.371 e. The van der Waals surface area contributed by atoms with Gasteiger partial charge >= 0.3 is 0 Å². The molecule has 3 nitrogen and oxygen atoms in total. The van der Waals surface area contributed by atoms with Gasteiger partial charge in [0.2, 0.25) is 5.91 Å². The number of amides is 1. The molecule has 0 aliphatic heterocycles. The van der Waals surface area contributed by atoms with Gasteiger partial charge in [-0.3, -0.25) is 4.79 Å². The zero-order chi connectivity index (χ0) is 15.5. The van der Waals surface area contributed by atoms with E-state index in [1.54, 1.807) is 43.3 Å². The van der Waals surface area contributed by atoms with E-state index in [0.717, 1.165) is 5.56 Å². The van der Waals surface area contributed by atoms with Gasteiger partial charge in [0, 0.05) is 17.1 Å². The van der Waals surface area contributed by atoms with Crippen LogP contribution in [0.4, 0.5) is 10.1 Å². The van der Waals surface area contributed by atoms with E-state index < -0.39 is 11.4 Å². The lowest BCUT2D eigenvalue weighted by Crippen LogP contribution is -2.49. The van der Waals surface area contributed by atoms with Crippen molar-refractivity contribution in [2.75, 3.05) is 5.32 Å². The van der Waals surface area contributed by atoms with Crippen molar-refractivity contribution in [1.82, 2.24) is 0 Å². The van der Waals surface area contributed by atoms with E-state index in [1.165, 1.54) is 12.1 Å². The van der Waals surface area contributed by atoms with E-state index >= 15 is 0 Å². The summed E-state index contributed by atoms with van der Waals surface area (Å²) in [7, 11) is 0. The second kappa shape index (κ2) is 6.14. The monoisotopic (exact) mass is 306 g/mol. The lowest BCUT2D eigenvalue weighted by molar-refractivity contribution is -0.121. The molecule has 1 unspecified atom stereocenters. The van der Waals surface area contributed by atoms with Crippen LogP contribution in [0.15, 0.2) is 48.5 Å². The Morgan fingerprint density at radius 1 is 1.29 bits per heavy atom. The first-order valence-corrected chi connectivity index (χ1v) is 6.85. The quantitative estimate of drug-likeness (QED) is 0.890. The molecule has 0 heterocycles. The third-order valence-electron chi connectivity index (χ3n) is 3.26. The number of rotatable bonds is 5. The Hall–Kier alpha value is -2.07. The molecule has 0 aliphatic carbocycles. The average Bonchev–Trinajstić information content (AvgIpc) is 2.41. The van der Waals surface area contributed by atoms with Crippen LogP contribution in [0.5, 0.6) is 0 Å². The van der Waals surface area contributed by atoms with Gasteiger partial charge in [0.05, 0.1) is 0 Å². The van der Waals surface area contributed by atoms with Crippen LogP contribution in [0.1, 0.15) is 12.5 Å². The molecule has 3 N–H and O–H groups in total. The molecule has 0 spiro atoms. The molecule has 0 fully saturated rings. The van der Waals surface area contributed by atoms with E-state index in [2.05, 4.69) is 5.32 Å². The number of nitrogens with one attached hydrogen (secondary N) is 1. The molecule has 2 aromatic carbocycles. The maximum atomic E-state index is 12.9. The lowest BCUT2D eigenvalue weighted by atomic mass is 9.91. The normalized spacial score (nSPS) is 13.5. The van der Waals surface area contributed by atoms with E-state index in [4.69, 9.17) is 17.3 Å². The second-order valence-corrected chi connectivity index (χ2v) is 5.57. The molecule has 0 radical (unpaired) electrons. The molecule has 1 atom stereocenters. The summed E-state index contributed by atoms with van der Waals surface area (Å²) < 4.78 is 12.9. The summed E-state index contributed by atoms with van der Waals surface area (Å²) in [5, 5.41) is 3.67. The molecule has 1 amide bonds. The van der Waals surface area contributed by atoms with Crippen molar-refractivity contribution >= 4 is 23.2 Å². The summed E-state index contributed by atoms with van der Waals surface area (Å²) in [6.45, 7) is 1.71. The number of anilines is 1. The van der Waals surface area contributed by atoms with Gasteiger partial charge in [0.1, 0.15) is 11.4 Å². The number of hydrogen-bond acceptors (Lipinski definition) is 2. The number of carbonyl (C=O) groups is 1. The summed E-state index contributed by atoms with van der Waals surface area (Å²) in [6, 6.07) is 13.0. The number of carbonyl (C=O) groups excluding carboxylic acids is 1. The van der Waals surface area contributed by atoms with Crippen molar-refractivity contribution < 1.29 is 9.18 Å². The molecule has 2 aromatic rings. The molecular weight excluding hydrogens is 291 g/mol. The van der Waals surface area contributed by atoms with Crippen LogP contribution in [0.3, 0.4) is 0 Å². The highest BCUT2D eigenvalue weighted by atomic mass is 35.5. The predicted molar refractivity (Wildman–Crippen MR) is 82.8 cm³/mol. The molecule has 21 heavy (non-hydrogen) atoms. The van der Waals surface area contributed by atoms with Crippen molar-refractivity contribution in [3.05, 3.63) is 64.9 Å². The van der Waals surface area contributed by atoms with Gasteiger partial charge in [0.25, 0.3) is 0 Å². The minimum atomic E-state index is -0.998. The fourth-order valence-electron chi connectivity index (χ4n) is 2.09. The van der Waals surface area contributed by atoms with Crippen LogP contribution in [-0.4, -0.2) is 11.4 Å². The Bertz CT molecular complexity index is 645. The highest BCUT2D eigenvalue weighted by molar-refractivity contribution is 6.30. The Morgan fingerprint density at radius 2 is 1.95 bits per heavy atom. The molecule has 0 saturated carbocycles. The fourth-order valence-corrected chi connectivity index (χ4v) is 2.28. The van der Waals surface area contributed by atoms with Crippen LogP contribution >= 0.6 is 11.6 Å². The summed E-state index contributed by atoms with van der Waals surface area (Å²) in [5.41, 5.74) is 6.04. The summed E-state index contributed by atoms with van der Waals surface area (Å²) in [5.74, 6) is -0.811. The molecule has 0 aliphatic rings. The maximum Gasteiger partial charge on any atom is 0.243 e.